The highest BCUT2D eigenvalue weighted by Gasteiger charge is 2.67. The Morgan fingerprint density at radius 3 is 2.88 bits per heavy atom. The van der Waals surface area contributed by atoms with Gasteiger partial charge in [-0.25, -0.2) is 0 Å². The second-order valence-corrected chi connectivity index (χ2v) is 8.16. The Morgan fingerprint density at radius 2 is 2.19 bits per heavy atom. The lowest BCUT2D eigenvalue weighted by molar-refractivity contribution is -0.204. The Kier molecular flexibility index (Phi) is 2.45. The Hall–Kier alpha value is -1.01. The molecular formula is C21H30O5. The van der Waals surface area contributed by atoms with Crippen LogP contribution >= 0.6 is 0 Å². The van der Waals surface area contributed by atoms with E-state index in [4.69, 9.17) is 9.60 Å². The van der Waals surface area contributed by atoms with Gasteiger partial charge >= 0.3 is 0 Å². The SMILES string of the molecule is [2H]C1=C[C@@]2(C)C(=C([2H])C1=O)C([2H])([2H])C[C@H]1[C@@H]3CC[C@](O)(C(O)CO)[C@@]3(C)C([2H])([2H])[C@]([2H])(O)[C@@]12[2H]. The molecule has 0 bridgehead atoms. The van der Waals surface area contributed by atoms with Gasteiger partial charge in [0.15, 0.2) is 5.78 Å². The molecule has 8 atom stereocenters. The first kappa shape index (κ1) is 11.1. The topological polar surface area (TPSA) is 98.0 Å². The van der Waals surface area contributed by atoms with Crippen molar-refractivity contribution in [3.8, 4) is 0 Å². The maximum absolute atomic E-state index is 12.4. The first-order valence-electron chi connectivity index (χ1n) is 12.9. The molecule has 0 amide bonds. The van der Waals surface area contributed by atoms with Crippen LogP contribution in [0.2, 0.25) is 0 Å². The van der Waals surface area contributed by atoms with E-state index in [0.717, 1.165) is 6.08 Å². The minimum Gasteiger partial charge on any atom is -0.394 e. The number of carbonyl (C=O) groups is 1. The fourth-order valence-electron chi connectivity index (χ4n) is 5.49. The summed E-state index contributed by atoms with van der Waals surface area (Å²) in [7, 11) is 0. The van der Waals surface area contributed by atoms with Crippen LogP contribution in [0.15, 0.2) is 23.8 Å². The van der Waals surface area contributed by atoms with Crippen LogP contribution in [0.5, 0.6) is 0 Å². The Bertz CT molecular complexity index is 1030. The van der Waals surface area contributed by atoms with E-state index in [1.807, 2.05) is 0 Å². The summed E-state index contributed by atoms with van der Waals surface area (Å²) in [6.45, 7) is 1.58. The minimum absolute atomic E-state index is 0.0142. The predicted octanol–water partition coefficient (Wildman–Crippen LogP) is 1.35. The van der Waals surface area contributed by atoms with Crippen LogP contribution in [0.25, 0.3) is 0 Å². The highest BCUT2D eigenvalue weighted by Crippen LogP contribution is 2.67. The molecule has 0 aromatic rings. The zero-order valence-electron chi connectivity index (χ0n) is 22.8. The van der Waals surface area contributed by atoms with Crippen molar-refractivity contribution in [2.24, 2.45) is 28.6 Å². The third kappa shape index (κ3) is 2.15. The molecule has 0 aromatic carbocycles. The van der Waals surface area contributed by atoms with Crippen molar-refractivity contribution in [1.82, 2.24) is 0 Å². The van der Waals surface area contributed by atoms with E-state index >= 15 is 0 Å². The van der Waals surface area contributed by atoms with Crippen molar-refractivity contribution in [2.75, 3.05) is 6.61 Å². The molecule has 0 aromatic heterocycles. The fourth-order valence-corrected chi connectivity index (χ4v) is 5.49. The van der Waals surface area contributed by atoms with E-state index in [9.17, 15) is 26.6 Å². The first-order valence-corrected chi connectivity index (χ1v) is 8.93. The predicted molar refractivity (Wildman–Crippen MR) is 96.0 cm³/mol. The lowest BCUT2D eigenvalue weighted by atomic mass is 9.46. The normalized spacial score (nSPS) is 66.1. The summed E-state index contributed by atoms with van der Waals surface area (Å²) in [6, 6.07) is -1.55. The molecule has 5 nitrogen and oxygen atoms in total. The van der Waals surface area contributed by atoms with Gasteiger partial charge in [-0.15, -0.1) is 0 Å². The van der Waals surface area contributed by atoms with Gasteiger partial charge in [0, 0.05) is 23.6 Å². The van der Waals surface area contributed by atoms with E-state index in [0.29, 0.717) is 0 Å². The summed E-state index contributed by atoms with van der Waals surface area (Å²) < 4.78 is 70.0. The van der Waals surface area contributed by atoms with Crippen LogP contribution in [0, 0.1) is 28.6 Å². The molecule has 144 valence electrons. The zero-order chi connectivity index (χ0) is 26.1. The van der Waals surface area contributed by atoms with Crippen LogP contribution in [0.4, 0.5) is 0 Å². The lowest BCUT2D eigenvalue weighted by Crippen LogP contribution is -2.62. The van der Waals surface area contributed by atoms with E-state index < -0.39 is 95.6 Å². The third-order valence-corrected chi connectivity index (χ3v) is 7.00. The summed E-state index contributed by atoms with van der Waals surface area (Å²) in [6.07, 6.45) is -10.4. The van der Waals surface area contributed by atoms with Crippen molar-refractivity contribution >= 4 is 5.78 Å². The number of rotatable bonds is 2. The van der Waals surface area contributed by atoms with Crippen LogP contribution in [-0.2, 0) is 4.79 Å². The highest BCUT2D eigenvalue weighted by molar-refractivity contribution is 6.01. The molecule has 4 aliphatic carbocycles. The molecule has 0 radical (unpaired) electrons. The van der Waals surface area contributed by atoms with E-state index in [1.165, 1.54) is 13.8 Å². The van der Waals surface area contributed by atoms with E-state index in [-0.39, 0.29) is 12.8 Å². The molecule has 0 heterocycles. The second-order valence-electron chi connectivity index (χ2n) is 8.16. The molecule has 3 saturated carbocycles. The van der Waals surface area contributed by atoms with Crippen LogP contribution in [-0.4, -0.2) is 50.6 Å². The summed E-state index contributed by atoms with van der Waals surface area (Å²) in [4.78, 5) is 12.4. The molecular weight excluding hydrogens is 332 g/mol. The molecule has 3 fully saturated rings. The van der Waals surface area contributed by atoms with Crippen molar-refractivity contribution in [1.29, 1.82) is 0 Å². The van der Waals surface area contributed by atoms with Gasteiger partial charge in [-0.2, -0.15) is 0 Å². The third-order valence-electron chi connectivity index (χ3n) is 7.00. The molecule has 4 rings (SSSR count). The Labute approximate surface area is 165 Å². The highest BCUT2D eigenvalue weighted by atomic mass is 16.4. The largest absolute Gasteiger partial charge is 0.394 e. The molecule has 4 aliphatic rings. The lowest BCUT2D eigenvalue weighted by Gasteiger charge is -2.60. The number of carbonyl (C=O) groups excluding carboxylic acids is 1. The maximum Gasteiger partial charge on any atom is 0.178 e. The van der Waals surface area contributed by atoms with Gasteiger partial charge in [0.25, 0.3) is 0 Å². The van der Waals surface area contributed by atoms with E-state index in [1.54, 1.807) is 0 Å². The molecule has 0 aliphatic heterocycles. The summed E-state index contributed by atoms with van der Waals surface area (Å²) in [5.41, 5.74) is -6.89. The monoisotopic (exact) mass is 370 g/mol. The molecule has 4 N–H and O–H groups in total. The van der Waals surface area contributed by atoms with Gasteiger partial charge in [-0.3, -0.25) is 4.79 Å². The number of fused-ring (bicyclic) bond motifs is 5. The van der Waals surface area contributed by atoms with Gasteiger partial charge in [0.1, 0.15) is 6.10 Å². The maximum atomic E-state index is 12.4. The zero-order valence-corrected chi connectivity index (χ0v) is 14.8. The average Bonchev–Trinajstić information content (AvgIpc) is 3.00. The second kappa shape index (κ2) is 5.74. The fraction of sp³-hybridized carbons (Fsp3) is 0.762. The number of hydrogen-bond acceptors (Lipinski definition) is 5. The van der Waals surface area contributed by atoms with Crippen LogP contribution in [0.1, 0.15) is 56.8 Å². The smallest absolute Gasteiger partial charge is 0.178 e. The number of ketones is 1. The van der Waals surface area contributed by atoms with Gasteiger partial charge in [0.2, 0.25) is 0 Å². The van der Waals surface area contributed by atoms with Crippen molar-refractivity contribution in [3.63, 3.8) is 0 Å². The first-order chi connectivity index (χ1) is 15.2. The number of aliphatic hydroxyl groups excluding tert-OH is 2. The summed E-state index contributed by atoms with van der Waals surface area (Å²) in [5, 5.41) is 43.2. The quantitative estimate of drug-likeness (QED) is 0.588. The minimum atomic E-state index is -3.35. The molecule has 0 spiro atoms. The van der Waals surface area contributed by atoms with E-state index in [2.05, 4.69) is 0 Å². The molecule has 5 heteroatoms. The summed E-state index contributed by atoms with van der Waals surface area (Å²) in [5.74, 6) is -5.90. The average molecular weight is 371 g/mol. The van der Waals surface area contributed by atoms with Gasteiger partial charge < -0.3 is 20.4 Å². The van der Waals surface area contributed by atoms with Crippen molar-refractivity contribution in [2.45, 2.75) is 63.6 Å². The molecule has 0 saturated heterocycles. The van der Waals surface area contributed by atoms with Crippen LogP contribution < -0.4 is 0 Å². The van der Waals surface area contributed by atoms with Crippen LogP contribution in [0.3, 0.4) is 0 Å². The Morgan fingerprint density at radius 1 is 1.46 bits per heavy atom. The number of allylic oxidation sites excluding steroid dienone is 4. The molecule has 26 heavy (non-hydrogen) atoms. The van der Waals surface area contributed by atoms with Gasteiger partial charge in [-0.05, 0) is 55.9 Å². The molecule has 1 unspecified atom stereocenters. The van der Waals surface area contributed by atoms with Gasteiger partial charge in [0.05, 0.1) is 22.4 Å². The van der Waals surface area contributed by atoms with Crippen molar-refractivity contribution < 1.29 is 36.2 Å². The summed E-state index contributed by atoms with van der Waals surface area (Å²) >= 11 is 0. The number of hydrogen-bond donors (Lipinski definition) is 4. The van der Waals surface area contributed by atoms with Crippen molar-refractivity contribution in [3.05, 3.63) is 23.8 Å². The standard InChI is InChI=1S/C21H30O5/c1-19-7-5-13(23)9-12(19)3-4-14-15-6-8-21(26,17(25)11-22)20(15,2)10-16(24)18(14)19/h5,7,9,14-18,22,24-26H,3-4,6,8,10-11H2,1-2H3/t14-,15-,16-,17?,18+,19-,20-,21-/m0/s1/i3D2,5D,9D,10D2,16D,18D. The van der Waals surface area contributed by atoms with Gasteiger partial charge in [-0.1, -0.05) is 25.5 Å². The number of aliphatic hydroxyl groups is 4. The Balaban J connectivity index is 2.08.